The van der Waals surface area contributed by atoms with Crippen LogP contribution in [0.15, 0.2) is 65.5 Å². The lowest BCUT2D eigenvalue weighted by molar-refractivity contribution is -0.124. The molecule has 0 aliphatic carbocycles. The van der Waals surface area contributed by atoms with E-state index in [0.29, 0.717) is 11.3 Å². The molecule has 1 unspecified atom stereocenters. The maximum Gasteiger partial charge on any atom is 0.338 e. The van der Waals surface area contributed by atoms with Crippen LogP contribution in [-0.2, 0) is 9.53 Å². The van der Waals surface area contributed by atoms with Crippen molar-refractivity contribution in [3.05, 3.63) is 88.0 Å². The molecule has 4 aromatic rings. The van der Waals surface area contributed by atoms with Gasteiger partial charge in [-0.05, 0) is 44.5 Å². The van der Waals surface area contributed by atoms with E-state index in [2.05, 4.69) is 20.4 Å². The van der Waals surface area contributed by atoms with Crippen molar-refractivity contribution >= 4 is 17.7 Å². The Balaban J connectivity index is 1.42. The van der Waals surface area contributed by atoms with Crippen molar-refractivity contribution in [1.29, 1.82) is 0 Å². The SMILES string of the molecule is CCC(OC(=O)c1ccc(-c2nc(C)c(C)[nH]2)cc1)C(=O)Nc1cc(=O)n(-c2ccccc2)[nH]1. The number of rotatable bonds is 7. The van der Waals surface area contributed by atoms with Crippen LogP contribution in [0.1, 0.15) is 35.1 Å². The number of carbonyl (C=O) groups excluding carboxylic acids is 2. The standard InChI is InChI=1S/C25H25N5O4/c1-4-20(24(32)28-21-14-22(31)30(29-21)19-8-6-5-7-9-19)34-25(33)18-12-10-17(11-13-18)23-26-15(2)16(3)27-23/h5-14,20,29H,4H2,1-3H3,(H,26,27)(H,28,32). The van der Waals surface area contributed by atoms with E-state index in [0.717, 1.165) is 22.8 Å². The molecule has 9 nitrogen and oxygen atoms in total. The molecule has 1 atom stereocenters. The van der Waals surface area contributed by atoms with E-state index in [1.165, 1.54) is 10.7 Å². The van der Waals surface area contributed by atoms with Crippen LogP contribution in [0.2, 0.25) is 0 Å². The molecule has 9 heteroatoms. The second-order valence-corrected chi connectivity index (χ2v) is 7.84. The molecular weight excluding hydrogens is 434 g/mol. The van der Waals surface area contributed by atoms with Gasteiger partial charge >= 0.3 is 5.97 Å². The minimum atomic E-state index is -1.02. The third kappa shape index (κ3) is 4.83. The maximum absolute atomic E-state index is 12.7. The van der Waals surface area contributed by atoms with Gasteiger partial charge in [-0.3, -0.25) is 14.7 Å². The van der Waals surface area contributed by atoms with Crippen LogP contribution in [-0.4, -0.2) is 37.7 Å². The summed E-state index contributed by atoms with van der Waals surface area (Å²) in [6.45, 7) is 5.60. The molecule has 1 amide bonds. The fourth-order valence-corrected chi connectivity index (χ4v) is 3.41. The first kappa shape index (κ1) is 22.8. The number of aromatic nitrogens is 4. The summed E-state index contributed by atoms with van der Waals surface area (Å²) in [6, 6.07) is 17.0. The van der Waals surface area contributed by atoms with Gasteiger partial charge in [-0.1, -0.05) is 37.3 Å². The van der Waals surface area contributed by atoms with E-state index in [1.54, 1.807) is 55.5 Å². The van der Waals surface area contributed by atoms with Gasteiger partial charge in [0.25, 0.3) is 11.5 Å². The highest BCUT2D eigenvalue weighted by atomic mass is 16.5. The summed E-state index contributed by atoms with van der Waals surface area (Å²) in [5, 5.41) is 5.46. The van der Waals surface area contributed by atoms with Crippen LogP contribution >= 0.6 is 0 Å². The average Bonchev–Trinajstić information content (AvgIpc) is 3.38. The van der Waals surface area contributed by atoms with Gasteiger partial charge in [0.15, 0.2) is 6.10 Å². The number of nitrogens with zero attached hydrogens (tertiary/aromatic N) is 2. The largest absolute Gasteiger partial charge is 0.449 e. The Kier molecular flexibility index (Phi) is 6.44. The van der Waals surface area contributed by atoms with Gasteiger partial charge in [-0.25, -0.2) is 14.5 Å². The number of para-hydroxylation sites is 1. The van der Waals surface area contributed by atoms with E-state index in [-0.39, 0.29) is 17.8 Å². The van der Waals surface area contributed by atoms with Crippen LogP contribution in [0.5, 0.6) is 0 Å². The third-order valence-electron chi connectivity index (χ3n) is 5.43. The summed E-state index contributed by atoms with van der Waals surface area (Å²) in [6.07, 6.45) is -0.754. The number of H-pyrrole nitrogens is 2. The van der Waals surface area contributed by atoms with Crippen molar-refractivity contribution in [3.8, 4) is 17.1 Å². The number of ether oxygens (including phenoxy) is 1. The Morgan fingerprint density at radius 3 is 2.41 bits per heavy atom. The van der Waals surface area contributed by atoms with Crippen LogP contribution in [0.25, 0.3) is 17.1 Å². The predicted molar refractivity (Wildman–Crippen MR) is 128 cm³/mol. The number of carbonyl (C=O) groups is 2. The minimum Gasteiger partial charge on any atom is -0.449 e. The number of hydrogen-bond donors (Lipinski definition) is 3. The van der Waals surface area contributed by atoms with Crippen molar-refractivity contribution in [2.24, 2.45) is 0 Å². The summed E-state index contributed by atoms with van der Waals surface area (Å²) in [5.74, 6) is -0.218. The first-order valence-corrected chi connectivity index (χ1v) is 10.9. The van der Waals surface area contributed by atoms with Gasteiger partial charge in [0.2, 0.25) is 0 Å². The van der Waals surface area contributed by atoms with Crippen molar-refractivity contribution in [2.45, 2.75) is 33.3 Å². The Morgan fingerprint density at radius 1 is 1.09 bits per heavy atom. The topological polar surface area (TPSA) is 122 Å². The van der Waals surface area contributed by atoms with Crippen molar-refractivity contribution in [1.82, 2.24) is 19.7 Å². The fraction of sp³-hybridized carbons (Fsp3) is 0.200. The average molecular weight is 460 g/mol. The Hall–Kier alpha value is -4.40. The molecule has 3 N–H and O–H groups in total. The number of nitrogens with one attached hydrogen (secondary N) is 3. The maximum atomic E-state index is 12.7. The molecule has 0 bridgehead atoms. The molecule has 0 spiro atoms. The van der Waals surface area contributed by atoms with E-state index in [1.807, 2.05) is 19.9 Å². The highest BCUT2D eigenvalue weighted by Crippen LogP contribution is 2.19. The van der Waals surface area contributed by atoms with E-state index in [9.17, 15) is 14.4 Å². The number of hydrogen-bond acceptors (Lipinski definition) is 5. The second kappa shape index (κ2) is 9.62. The van der Waals surface area contributed by atoms with Crippen LogP contribution in [0, 0.1) is 13.8 Å². The molecular formula is C25H25N5O4. The van der Waals surface area contributed by atoms with Crippen molar-refractivity contribution in [2.75, 3.05) is 5.32 Å². The lowest BCUT2D eigenvalue weighted by atomic mass is 10.1. The fourth-order valence-electron chi connectivity index (χ4n) is 3.41. The highest BCUT2D eigenvalue weighted by molar-refractivity contribution is 5.97. The number of anilines is 1. The van der Waals surface area contributed by atoms with Crippen molar-refractivity contribution < 1.29 is 14.3 Å². The molecule has 0 aliphatic rings. The third-order valence-corrected chi connectivity index (χ3v) is 5.43. The van der Waals surface area contributed by atoms with Crippen LogP contribution in [0.4, 0.5) is 5.82 Å². The van der Waals surface area contributed by atoms with Gasteiger partial charge in [-0.15, -0.1) is 0 Å². The summed E-state index contributed by atoms with van der Waals surface area (Å²) in [5.41, 5.74) is 3.36. The van der Waals surface area contributed by atoms with E-state index in [4.69, 9.17) is 4.74 Å². The molecule has 0 saturated carbocycles. The van der Waals surface area contributed by atoms with Gasteiger partial charge in [-0.2, -0.15) is 0 Å². The van der Waals surface area contributed by atoms with E-state index >= 15 is 0 Å². The Bertz CT molecular complexity index is 1350. The molecule has 4 rings (SSSR count). The second-order valence-electron chi connectivity index (χ2n) is 7.84. The zero-order valence-corrected chi connectivity index (χ0v) is 19.1. The Labute approximate surface area is 195 Å². The number of esters is 1. The summed E-state index contributed by atoms with van der Waals surface area (Å²) < 4.78 is 6.75. The van der Waals surface area contributed by atoms with Gasteiger partial charge in [0.05, 0.1) is 16.9 Å². The summed E-state index contributed by atoms with van der Waals surface area (Å²) in [4.78, 5) is 45.3. The molecule has 0 fully saturated rings. The molecule has 2 aromatic heterocycles. The zero-order chi connectivity index (χ0) is 24.2. The minimum absolute atomic E-state index is 0.210. The monoisotopic (exact) mass is 459 g/mol. The smallest absolute Gasteiger partial charge is 0.338 e. The first-order chi connectivity index (χ1) is 16.4. The highest BCUT2D eigenvalue weighted by Gasteiger charge is 2.23. The van der Waals surface area contributed by atoms with Crippen LogP contribution in [0.3, 0.4) is 0 Å². The summed E-state index contributed by atoms with van der Waals surface area (Å²) in [7, 11) is 0. The number of imidazole rings is 1. The lowest BCUT2D eigenvalue weighted by Gasteiger charge is -2.15. The lowest BCUT2D eigenvalue weighted by Crippen LogP contribution is -2.32. The predicted octanol–water partition coefficient (Wildman–Crippen LogP) is 3.75. The zero-order valence-electron chi connectivity index (χ0n) is 19.1. The molecule has 0 radical (unpaired) electrons. The molecule has 2 aromatic carbocycles. The van der Waals surface area contributed by atoms with Gasteiger partial charge < -0.3 is 15.0 Å². The number of benzene rings is 2. The van der Waals surface area contributed by atoms with Crippen molar-refractivity contribution in [3.63, 3.8) is 0 Å². The summed E-state index contributed by atoms with van der Waals surface area (Å²) >= 11 is 0. The Morgan fingerprint density at radius 2 is 1.79 bits per heavy atom. The number of aryl methyl sites for hydroxylation is 2. The van der Waals surface area contributed by atoms with Gasteiger partial charge in [0.1, 0.15) is 11.6 Å². The first-order valence-electron chi connectivity index (χ1n) is 10.9. The number of aromatic amines is 2. The number of amides is 1. The van der Waals surface area contributed by atoms with E-state index < -0.39 is 18.0 Å². The van der Waals surface area contributed by atoms with Gasteiger partial charge in [0, 0.05) is 17.3 Å². The van der Waals surface area contributed by atoms with Crippen LogP contribution < -0.4 is 10.9 Å². The molecule has 0 saturated heterocycles. The molecule has 34 heavy (non-hydrogen) atoms. The molecule has 174 valence electrons. The molecule has 2 heterocycles. The normalized spacial score (nSPS) is 11.7. The molecule has 0 aliphatic heterocycles. The quantitative estimate of drug-likeness (QED) is 0.364.